The number of likely N-dealkylation sites (tertiary alicyclic amines) is 1. The zero-order valence-electron chi connectivity index (χ0n) is 16.6. The van der Waals surface area contributed by atoms with E-state index in [0.717, 1.165) is 58.7 Å². The third-order valence-corrected chi connectivity index (χ3v) is 6.83. The number of piperazine rings is 1. The number of aliphatic hydroxyl groups excluding tert-OH is 1. The minimum absolute atomic E-state index is 0.156. The highest BCUT2D eigenvalue weighted by atomic mass is 16.3. The van der Waals surface area contributed by atoms with Gasteiger partial charge in [-0.25, -0.2) is 0 Å². The van der Waals surface area contributed by atoms with Crippen LogP contribution in [-0.4, -0.2) is 76.8 Å². The van der Waals surface area contributed by atoms with Crippen LogP contribution in [0.1, 0.15) is 17.5 Å². The maximum atomic E-state index is 10.3. The van der Waals surface area contributed by atoms with Crippen molar-refractivity contribution in [1.29, 1.82) is 0 Å². The molecule has 1 N–H and O–H groups in total. The van der Waals surface area contributed by atoms with Gasteiger partial charge in [0, 0.05) is 51.9 Å². The first kappa shape index (κ1) is 18.3. The Morgan fingerprint density at radius 1 is 0.821 bits per heavy atom. The van der Waals surface area contributed by atoms with Crippen molar-refractivity contribution in [2.75, 3.05) is 39.3 Å². The Morgan fingerprint density at radius 3 is 2.18 bits per heavy atom. The predicted molar refractivity (Wildman–Crippen MR) is 112 cm³/mol. The van der Waals surface area contributed by atoms with Crippen LogP contribution in [0.4, 0.5) is 0 Å². The normalized spacial score (nSPS) is 27.6. The largest absolute Gasteiger partial charge is 0.392 e. The SMILES string of the molecule is O[C@@H]1C[C@@H]2CN(Cc3ccccc3)CC3(CN(CCc4ccccc4)C3)N2C1. The van der Waals surface area contributed by atoms with Crippen LogP contribution in [0.15, 0.2) is 60.7 Å². The molecule has 0 amide bonds. The van der Waals surface area contributed by atoms with Crippen molar-refractivity contribution < 1.29 is 5.11 Å². The predicted octanol–water partition coefficient (Wildman–Crippen LogP) is 2.23. The number of β-amino-alcohol motifs (C(OH)–C–C–N with tert-alkyl or cyclic N) is 1. The van der Waals surface area contributed by atoms with Gasteiger partial charge in [-0.05, 0) is 24.0 Å². The lowest BCUT2D eigenvalue weighted by Gasteiger charge is -2.61. The third-order valence-electron chi connectivity index (χ3n) is 6.83. The first-order valence-electron chi connectivity index (χ1n) is 10.7. The fraction of sp³-hybridized carbons (Fsp3) is 0.500. The maximum absolute atomic E-state index is 10.3. The van der Waals surface area contributed by atoms with Crippen LogP contribution >= 0.6 is 0 Å². The van der Waals surface area contributed by atoms with Crippen molar-refractivity contribution in [2.24, 2.45) is 0 Å². The van der Waals surface area contributed by atoms with Gasteiger partial charge in [-0.3, -0.25) is 14.7 Å². The minimum Gasteiger partial charge on any atom is -0.392 e. The van der Waals surface area contributed by atoms with Gasteiger partial charge in [-0.2, -0.15) is 0 Å². The molecule has 5 rings (SSSR count). The van der Waals surface area contributed by atoms with E-state index in [1.54, 1.807) is 0 Å². The van der Waals surface area contributed by atoms with Gasteiger partial charge in [0.05, 0.1) is 11.6 Å². The smallest absolute Gasteiger partial charge is 0.0682 e. The number of hydrogen-bond donors (Lipinski definition) is 1. The number of benzene rings is 2. The summed E-state index contributed by atoms with van der Waals surface area (Å²) >= 11 is 0. The summed E-state index contributed by atoms with van der Waals surface area (Å²) in [6.45, 7) is 7.47. The lowest BCUT2D eigenvalue weighted by molar-refractivity contribution is -0.114. The van der Waals surface area contributed by atoms with E-state index < -0.39 is 0 Å². The molecule has 0 saturated carbocycles. The molecule has 3 aliphatic rings. The van der Waals surface area contributed by atoms with Crippen LogP contribution < -0.4 is 0 Å². The van der Waals surface area contributed by atoms with Gasteiger partial charge in [-0.1, -0.05) is 60.7 Å². The molecule has 2 aromatic carbocycles. The summed E-state index contributed by atoms with van der Waals surface area (Å²) < 4.78 is 0. The topological polar surface area (TPSA) is 30.0 Å². The summed E-state index contributed by atoms with van der Waals surface area (Å²) in [6, 6.07) is 22.1. The summed E-state index contributed by atoms with van der Waals surface area (Å²) in [5.41, 5.74) is 3.04. The molecule has 2 atom stereocenters. The van der Waals surface area contributed by atoms with Gasteiger partial charge < -0.3 is 5.11 Å². The van der Waals surface area contributed by atoms with Crippen molar-refractivity contribution in [3.8, 4) is 0 Å². The first-order valence-corrected chi connectivity index (χ1v) is 10.7. The van der Waals surface area contributed by atoms with Gasteiger partial charge in [0.25, 0.3) is 0 Å². The average Bonchev–Trinajstić information content (AvgIpc) is 3.06. The van der Waals surface area contributed by atoms with E-state index >= 15 is 0 Å². The molecule has 3 aliphatic heterocycles. The number of nitrogens with zero attached hydrogens (tertiary/aromatic N) is 3. The molecule has 0 radical (unpaired) electrons. The highest BCUT2D eigenvalue weighted by Gasteiger charge is 2.55. The number of hydrogen-bond acceptors (Lipinski definition) is 4. The average molecular weight is 378 g/mol. The van der Waals surface area contributed by atoms with E-state index in [4.69, 9.17) is 0 Å². The van der Waals surface area contributed by atoms with E-state index in [9.17, 15) is 5.11 Å². The Morgan fingerprint density at radius 2 is 1.46 bits per heavy atom. The lowest BCUT2D eigenvalue weighted by Crippen LogP contribution is -2.78. The van der Waals surface area contributed by atoms with Gasteiger partial charge in [0.2, 0.25) is 0 Å². The zero-order valence-corrected chi connectivity index (χ0v) is 16.6. The molecule has 4 nitrogen and oxygen atoms in total. The standard InChI is InChI=1S/C24H31N3O/c28-23-13-22-15-26(14-21-9-5-2-6-10-21)19-24(27(22)16-23)17-25(18-24)12-11-20-7-3-1-4-8-20/h1-10,22-23,28H,11-19H2/t22-,23-/m1/s1. The van der Waals surface area contributed by atoms with E-state index in [0.29, 0.717) is 6.04 Å². The van der Waals surface area contributed by atoms with Gasteiger partial charge in [0.1, 0.15) is 0 Å². The van der Waals surface area contributed by atoms with E-state index in [1.165, 1.54) is 11.1 Å². The number of aliphatic hydroxyl groups is 1. The summed E-state index contributed by atoms with van der Waals surface area (Å²) in [4.78, 5) is 7.88. The van der Waals surface area contributed by atoms with E-state index in [1.807, 2.05) is 0 Å². The molecule has 1 spiro atoms. The van der Waals surface area contributed by atoms with Gasteiger partial charge >= 0.3 is 0 Å². The van der Waals surface area contributed by atoms with Crippen LogP contribution in [0.2, 0.25) is 0 Å². The van der Waals surface area contributed by atoms with Crippen molar-refractivity contribution >= 4 is 0 Å². The molecule has 4 heteroatoms. The van der Waals surface area contributed by atoms with Crippen LogP contribution in [0, 0.1) is 0 Å². The fourth-order valence-electron chi connectivity index (χ4n) is 5.64. The molecule has 28 heavy (non-hydrogen) atoms. The first-order chi connectivity index (χ1) is 13.7. The van der Waals surface area contributed by atoms with Crippen molar-refractivity contribution in [3.05, 3.63) is 71.8 Å². The Labute approximate surface area is 168 Å². The molecule has 0 aromatic heterocycles. The van der Waals surface area contributed by atoms with Gasteiger partial charge in [-0.15, -0.1) is 0 Å². The van der Waals surface area contributed by atoms with Crippen LogP contribution in [0.3, 0.4) is 0 Å². The Hall–Kier alpha value is -1.72. The third kappa shape index (κ3) is 3.62. The Bertz CT molecular complexity index is 775. The van der Waals surface area contributed by atoms with E-state index in [-0.39, 0.29) is 11.6 Å². The summed E-state index contributed by atoms with van der Waals surface area (Å²) in [7, 11) is 0. The Kier molecular flexibility index (Phi) is 4.97. The summed E-state index contributed by atoms with van der Waals surface area (Å²) in [5.74, 6) is 0. The number of rotatable bonds is 5. The molecule has 0 aliphatic carbocycles. The molecule has 3 fully saturated rings. The van der Waals surface area contributed by atoms with Crippen molar-refractivity contribution in [2.45, 2.75) is 37.1 Å². The van der Waals surface area contributed by atoms with E-state index in [2.05, 4.69) is 75.4 Å². The number of fused-ring (bicyclic) bond motifs is 2. The molecule has 3 saturated heterocycles. The highest BCUT2D eigenvalue weighted by molar-refractivity contribution is 5.19. The van der Waals surface area contributed by atoms with Crippen LogP contribution in [-0.2, 0) is 13.0 Å². The van der Waals surface area contributed by atoms with Gasteiger partial charge in [0.15, 0.2) is 0 Å². The highest BCUT2D eigenvalue weighted by Crippen LogP contribution is 2.39. The van der Waals surface area contributed by atoms with Crippen LogP contribution in [0.25, 0.3) is 0 Å². The molecule has 148 valence electrons. The zero-order chi connectivity index (χ0) is 19.0. The molecule has 2 aromatic rings. The lowest BCUT2D eigenvalue weighted by atomic mass is 9.83. The quantitative estimate of drug-likeness (QED) is 0.866. The fourth-order valence-corrected chi connectivity index (χ4v) is 5.64. The molecular weight excluding hydrogens is 346 g/mol. The molecule has 3 heterocycles. The second-order valence-electron chi connectivity index (χ2n) is 9.02. The maximum Gasteiger partial charge on any atom is 0.0682 e. The van der Waals surface area contributed by atoms with Crippen LogP contribution in [0.5, 0.6) is 0 Å². The monoisotopic (exact) mass is 377 g/mol. The molecule has 0 unspecified atom stereocenters. The van der Waals surface area contributed by atoms with Crippen molar-refractivity contribution in [1.82, 2.24) is 14.7 Å². The Balaban J connectivity index is 1.24. The summed E-state index contributed by atoms with van der Waals surface area (Å²) in [5, 5.41) is 10.3. The molecular formula is C24H31N3O. The minimum atomic E-state index is -0.156. The second-order valence-corrected chi connectivity index (χ2v) is 9.02. The second kappa shape index (κ2) is 7.60. The molecule has 0 bridgehead atoms. The summed E-state index contributed by atoms with van der Waals surface area (Å²) in [6.07, 6.45) is 1.89. The van der Waals surface area contributed by atoms with Crippen molar-refractivity contribution in [3.63, 3.8) is 0 Å².